The van der Waals surface area contributed by atoms with Crippen molar-refractivity contribution in [2.24, 2.45) is 0 Å². The summed E-state index contributed by atoms with van der Waals surface area (Å²) in [5, 5.41) is 13.8. The van der Waals surface area contributed by atoms with Crippen LogP contribution in [0.1, 0.15) is 66.1 Å². The highest BCUT2D eigenvalue weighted by Crippen LogP contribution is 2.47. The van der Waals surface area contributed by atoms with Crippen LogP contribution in [-0.4, -0.2) is 29.7 Å². The Morgan fingerprint density at radius 3 is 2.56 bits per heavy atom. The van der Waals surface area contributed by atoms with Gasteiger partial charge in [-0.3, -0.25) is 14.8 Å². The molecular weight excluding hydrogens is 447 g/mol. The average molecular weight is 465 g/mol. The molecule has 0 aromatic carbocycles. The SMILES string of the molecule is C[C@H](c1ccc(C(F)(F)F)nc1)n1nc(C#N)c2c(=O)[nH]c([C@@H]3CC[C@H]3c3ccccn3)nc21. The summed E-state index contributed by atoms with van der Waals surface area (Å²) in [6.07, 6.45) is 0.000178. The molecule has 0 bridgehead atoms. The number of fused-ring (bicyclic) bond motifs is 1. The topological polar surface area (TPSA) is 113 Å². The van der Waals surface area contributed by atoms with Crippen molar-refractivity contribution in [3.63, 3.8) is 0 Å². The second kappa shape index (κ2) is 8.06. The molecule has 1 aliphatic rings. The quantitative estimate of drug-likeness (QED) is 0.486. The number of nitrogens with zero attached hydrogens (tertiary/aromatic N) is 6. The Hall–Kier alpha value is -4.07. The molecule has 172 valence electrons. The standard InChI is InChI=1S/C23H18F3N7O/c1-12(13-5-8-18(29-11-13)23(24,25)26)33-21-19(17(10-27)32-33)22(34)31-20(30-21)15-7-6-14(15)16-4-2-3-9-28-16/h2-5,8-9,11-12,14-15H,6-7H2,1H3,(H,30,31,34)/t12-,14-,15-/m1/s1. The summed E-state index contributed by atoms with van der Waals surface area (Å²) in [5.41, 5.74) is -0.0372. The summed E-state index contributed by atoms with van der Waals surface area (Å²) in [6, 6.07) is 9.17. The molecule has 0 spiro atoms. The Bertz CT molecular complexity index is 1450. The van der Waals surface area contributed by atoms with Gasteiger partial charge in [-0.2, -0.15) is 23.5 Å². The van der Waals surface area contributed by atoms with Crippen LogP contribution in [0.15, 0.2) is 47.5 Å². The Kier molecular flexibility index (Phi) is 5.16. The van der Waals surface area contributed by atoms with Crippen molar-refractivity contribution in [2.75, 3.05) is 0 Å². The number of aromatic nitrogens is 6. The first kappa shape index (κ1) is 21.8. The van der Waals surface area contributed by atoms with Crippen molar-refractivity contribution >= 4 is 11.0 Å². The predicted molar refractivity (Wildman–Crippen MR) is 115 cm³/mol. The molecule has 0 amide bonds. The van der Waals surface area contributed by atoms with E-state index in [1.165, 1.54) is 10.7 Å². The van der Waals surface area contributed by atoms with Crippen molar-refractivity contribution in [1.82, 2.24) is 29.7 Å². The van der Waals surface area contributed by atoms with E-state index in [2.05, 4.69) is 25.0 Å². The maximum atomic E-state index is 12.9. The molecule has 0 unspecified atom stereocenters. The Morgan fingerprint density at radius 2 is 1.97 bits per heavy atom. The number of nitrogens with one attached hydrogen (secondary N) is 1. The van der Waals surface area contributed by atoms with Gasteiger partial charge in [0, 0.05) is 29.9 Å². The Labute approximate surface area is 191 Å². The molecular formula is C23H18F3N7O. The zero-order chi connectivity index (χ0) is 24.0. The molecule has 1 fully saturated rings. The fraction of sp³-hybridized carbons (Fsp3) is 0.304. The van der Waals surface area contributed by atoms with Crippen LogP contribution in [-0.2, 0) is 6.18 Å². The monoisotopic (exact) mass is 465 g/mol. The smallest absolute Gasteiger partial charge is 0.310 e. The first-order valence-electron chi connectivity index (χ1n) is 10.6. The van der Waals surface area contributed by atoms with E-state index in [1.54, 1.807) is 13.1 Å². The van der Waals surface area contributed by atoms with Crippen LogP contribution in [0.2, 0.25) is 0 Å². The van der Waals surface area contributed by atoms with Crippen LogP contribution in [0, 0.1) is 11.3 Å². The summed E-state index contributed by atoms with van der Waals surface area (Å²) < 4.78 is 40.1. The largest absolute Gasteiger partial charge is 0.433 e. The van der Waals surface area contributed by atoms with Gasteiger partial charge in [-0.1, -0.05) is 12.1 Å². The molecule has 5 rings (SSSR count). The predicted octanol–water partition coefficient (Wildman–Crippen LogP) is 4.07. The maximum Gasteiger partial charge on any atom is 0.433 e. The number of nitriles is 1. The molecule has 3 atom stereocenters. The van der Waals surface area contributed by atoms with Crippen molar-refractivity contribution < 1.29 is 13.2 Å². The average Bonchev–Trinajstić information content (AvgIpc) is 3.17. The molecule has 4 heterocycles. The van der Waals surface area contributed by atoms with E-state index in [4.69, 9.17) is 0 Å². The van der Waals surface area contributed by atoms with E-state index in [-0.39, 0.29) is 28.6 Å². The molecule has 0 saturated heterocycles. The highest BCUT2D eigenvalue weighted by atomic mass is 19.4. The van der Waals surface area contributed by atoms with Crippen LogP contribution < -0.4 is 5.56 Å². The lowest BCUT2D eigenvalue weighted by Crippen LogP contribution is -2.27. The number of hydrogen-bond acceptors (Lipinski definition) is 6. The highest BCUT2D eigenvalue weighted by molar-refractivity contribution is 5.80. The summed E-state index contributed by atoms with van der Waals surface area (Å²) in [5.74, 6) is 0.525. The minimum Gasteiger partial charge on any atom is -0.310 e. The van der Waals surface area contributed by atoms with Crippen LogP contribution >= 0.6 is 0 Å². The van der Waals surface area contributed by atoms with Gasteiger partial charge in [0.05, 0.1) is 6.04 Å². The molecule has 11 heteroatoms. The molecule has 4 aromatic heterocycles. The van der Waals surface area contributed by atoms with Gasteiger partial charge in [-0.25, -0.2) is 9.67 Å². The van der Waals surface area contributed by atoms with E-state index in [9.17, 15) is 23.2 Å². The molecule has 8 nitrogen and oxygen atoms in total. The van der Waals surface area contributed by atoms with Crippen molar-refractivity contribution in [3.05, 3.63) is 81.5 Å². The van der Waals surface area contributed by atoms with Crippen LogP contribution in [0.5, 0.6) is 0 Å². The fourth-order valence-electron chi connectivity index (χ4n) is 4.32. The molecule has 1 aliphatic carbocycles. The van der Waals surface area contributed by atoms with Gasteiger partial charge < -0.3 is 4.98 Å². The molecule has 0 radical (unpaired) electrons. The van der Waals surface area contributed by atoms with Gasteiger partial charge in [0.25, 0.3) is 5.56 Å². The van der Waals surface area contributed by atoms with Gasteiger partial charge in [0.1, 0.15) is 23.0 Å². The van der Waals surface area contributed by atoms with E-state index in [1.807, 2.05) is 24.3 Å². The van der Waals surface area contributed by atoms with Crippen molar-refractivity contribution in [2.45, 2.75) is 43.8 Å². The fourth-order valence-corrected chi connectivity index (χ4v) is 4.32. The first-order valence-corrected chi connectivity index (χ1v) is 10.6. The lowest BCUT2D eigenvalue weighted by atomic mass is 9.71. The molecule has 1 saturated carbocycles. The summed E-state index contributed by atoms with van der Waals surface area (Å²) in [4.78, 5) is 28.3. The van der Waals surface area contributed by atoms with Gasteiger partial charge in [-0.05, 0) is 43.5 Å². The highest BCUT2D eigenvalue weighted by Gasteiger charge is 2.37. The van der Waals surface area contributed by atoms with Gasteiger partial charge >= 0.3 is 6.18 Å². The third-order valence-electron chi connectivity index (χ3n) is 6.31. The number of hydrogen-bond donors (Lipinski definition) is 1. The minimum atomic E-state index is -4.55. The Morgan fingerprint density at radius 1 is 1.18 bits per heavy atom. The Balaban J connectivity index is 1.57. The van der Waals surface area contributed by atoms with E-state index >= 15 is 0 Å². The number of alkyl halides is 3. The molecule has 1 N–H and O–H groups in total. The third kappa shape index (κ3) is 3.61. The van der Waals surface area contributed by atoms with Crippen molar-refractivity contribution in [3.8, 4) is 6.07 Å². The van der Waals surface area contributed by atoms with Crippen molar-refractivity contribution in [1.29, 1.82) is 5.26 Å². The van der Waals surface area contributed by atoms with Gasteiger partial charge in [0.15, 0.2) is 11.3 Å². The van der Waals surface area contributed by atoms with Crippen LogP contribution in [0.3, 0.4) is 0 Å². The normalized spacial score (nSPS) is 18.9. The van der Waals surface area contributed by atoms with Gasteiger partial charge in [0.2, 0.25) is 0 Å². The number of aromatic amines is 1. The zero-order valence-electron chi connectivity index (χ0n) is 17.9. The summed E-state index contributed by atoms with van der Waals surface area (Å²) in [6.45, 7) is 1.69. The number of pyridine rings is 2. The van der Waals surface area contributed by atoms with Gasteiger partial charge in [-0.15, -0.1) is 0 Å². The number of halogens is 3. The minimum absolute atomic E-state index is 0.0479. The maximum absolute atomic E-state index is 12.9. The van der Waals surface area contributed by atoms with Crippen LogP contribution in [0.25, 0.3) is 11.0 Å². The second-order valence-electron chi connectivity index (χ2n) is 8.25. The number of rotatable bonds is 4. The summed E-state index contributed by atoms with van der Waals surface area (Å²) in [7, 11) is 0. The molecule has 4 aromatic rings. The lowest BCUT2D eigenvalue weighted by molar-refractivity contribution is -0.141. The number of H-pyrrole nitrogens is 1. The van der Waals surface area contributed by atoms with E-state index < -0.39 is 23.5 Å². The third-order valence-corrected chi connectivity index (χ3v) is 6.31. The second-order valence-corrected chi connectivity index (χ2v) is 8.25. The zero-order valence-corrected chi connectivity index (χ0v) is 17.9. The van der Waals surface area contributed by atoms with Crippen LogP contribution in [0.4, 0.5) is 13.2 Å². The lowest BCUT2D eigenvalue weighted by Gasteiger charge is -2.35. The van der Waals surface area contributed by atoms with E-state index in [0.29, 0.717) is 11.4 Å². The molecule has 34 heavy (non-hydrogen) atoms. The first-order chi connectivity index (χ1) is 16.3. The summed E-state index contributed by atoms with van der Waals surface area (Å²) >= 11 is 0. The molecule has 0 aliphatic heterocycles. The van der Waals surface area contributed by atoms with E-state index in [0.717, 1.165) is 30.8 Å².